The van der Waals surface area contributed by atoms with Gasteiger partial charge in [0, 0.05) is 6.42 Å². The van der Waals surface area contributed by atoms with Crippen molar-refractivity contribution >= 4 is 11.9 Å². The molecule has 0 saturated carbocycles. The number of hydrogen-bond acceptors (Lipinski definition) is 3. The molecule has 1 atom stereocenters. The molecular formula is C42H72O4. The van der Waals surface area contributed by atoms with Crippen LogP contribution >= 0.6 is 0 Å². The number of unbranched alkanes of at least 4 members (excludes halogenated alkanes) is 18. The second kappa shape index (κ2) is 37.1. The Bertz CT molecular complexity index is 820. The highest BCUT2D eigenvalue weighted by molar-refractivity contribution is 5.77. The smallest absolute Gasteiger partial charge is 0.345 e. The van der Waals surface area contributed by atoms with Crippen LogP contribution in [0, 0.1) is 0 Å². The maximum Gasteiger partial charge on any atom is 0.345 e. The molecule has 0 radical (unpaired) electrons. The summed E-state index contributed by atoms with van der Waals surface area (Å²) in [5.74, 6) is -1.38. The number of esters is 1. The number of carboxylic acid groups (broad SMARTS) is 1. The van der Waals surface area contributed by atoms with Crippen LogP contribution in [0.5, 0.6) is 0 Å². The van der Waals surface area contributed by atoms with Crippen LogP contribution < -0.4 is 0 Å². The number of rotatable bonds is 34. The van der Waals surface area contributed by atoms with Crippen LogP contribution in [-0.4, -0.2) is 23.1 Å². The van der Waals surface area contributed by atoms with Crippen LogP contribution in [0.3, 0.4) is 0 Å². The highest BCUT2D eigenvalue weighted by Crippen LogP contribution is 2.15. The zero-order valence-corrected chi connectivity index (χ0v) is 30.1. The molecule has 0 aromatic rings. The lowest BCUT2D eigenvalue weighted by atomic mass is 10.0. The molecule has 0 aliphatic rings. The molecular weight excluding hydrogens is 568 g/mol. The summed E-state index contributed by atoms with van der Waals surface area (Å²) in [6, 6.07) is 0. The molecule has 0 fully saturated rings. The number of carboxylic acids is 1. The van der Waals surface area contributed by atoms with E-state index in [1.54, 1.807) is 0 Å². The summed E-state index contributed by atoms with van der Waals surface area (Å²) in [5.41, 5.74) is 0. The average Bonchev–Trinajstić information content (AvgIpc) is 3.05. The van der Waals surface area contributed by atoms with Gasteiger partial charge in [0.25, 0.3) is 0 Å². The predicted octanol–water partition coefficient (Wildman–Crippen LogP) is 13.3. The van der Waals surface area contributed by atoms with Gasteiger partial charge in [0.05, 0.1) is 0 Å². The SMILES string of the molecule is CC/C=C\C/C=C\C/C=C\C/C=C\C/C=C\CCCCCCCC(=O)OC(CCCCCCCCCCCCCCCC)C(=O)O. The first-order valence-corrected chi connectivity index (χ1v) is 19.3. The molecule has 0 aromatic heterocycles. The summed E-state index contributed by atoms with van der Waals surface area (Å²) in [5, 5.41) is 9.48. The largest absolute Gasteiger partial charge is 0.479 e. The zero-order valence-electron chi connectivity index (χ0n) is 30.1. The Morgan fingerprint density at radius 2 is 0.891 bits per heavy atom. The third-order valence-corrected chi connectivity index (χ3v) is 8.28. The normalized spacial score (nSPS) is 12.9. The van der Waals surface area contributed by atoms with Gasteiger partial charge in [-0.05, 0) is 64.2 Å². The third-order valence-electron chi connectivity index (χ3n) is 8.28. The van der Waals surface area contributed by atoms with Crippen molar-refractivity contribution in [3.8, 4) is 0 Å². The van der Waals surface area contributed by atoms with Gasteiger partial charge in [-0.3, -0.25) is 4.79 Å². The lowest BCUT2D eigenvalue weighted by Gasteiger charge is -2.13. The first kappa shape index (κ1) is 43.6. The van der Waals surface area contributed by atoms with Crippen LogP contribution in [0.2, 0.25) is 0 Å². The molecule has 0 heterocycles. The van der Waals surface area contributed by atoms with Crippen molar-refractivity contribution in [1.29, 1.82) is 0 Å². The molecule has 264 valence electrons. The summed E-state index contributed by atoms with van der Waals surface area (Å²) in [6.45, 7) is 4.42. The molecule has 0 bridgehead atoms. The minimum absolute atomic E-state index is 0.317. The van der Waals surface area contributed by atoms with Crippen molar-refractivity contribution in [1.82, 2.24) is 0 Å². The van der Waals surface area contributed by atoms with Gasteiger partial charge in [0.15, 0.2) is 6.10 Å². The first-order valence-electron chi connectivity index (χ1n) is 19.3. The van der Waals surface area contributed by atoms with E-state index in [9.17, 15) is 14.7 Å². The van der Waals surface area contributed by atoms with Crippen LogP contribution in [0.15, 0.2) is 60.8 Å². The van der Waals surface area contributed by atoms with Gasteiger partial charge in [-0.2, -0.15) is 0 Å². The van der Waals surface area contributed by atoms with Gasteiger partial charge in [0.2, 0.25) is 0 Å². The van der Waals surface area contributed by atoms with E-state index in [0.717, 1.165) is 89.9 Å². The number of aliphatic carboxylic acids is 1. The Morgan fingerprint density at radius 3 is 1.35 bits per heavy atom. The first-order chi connectivity index (χ1) is 22.6. The molecule has 4 heteroatoms. The van der Waals surface area contributed by atoms with Crippen LogP contribution in [-0.2, 0) is 14.3 Å². The number of carbonyl (C=O) groups is 2. The fraction of sp³-hybridized carbons (Fsp3) is 0.714. The van der Waals surface area contributed by atoms with Gasteiger partial charge in [-0.1, -0.05) is 177 Å². The van der Waals surface area contributed by atoms with Crippen molar-refractivity contribution in [2.45, 2.75) is 193 Å². The fourth-order valence-electron chi connectivity index (χ4n) is 5.41. The maximum atomic E-state index is 12.2. The fourth-order valence-corrected chi connectivity index (χ4v) is 5.41. The highest BCUT2D eigenvalue weighted by Gasteiger charge is 2.21. The van der Waals surface area contributed by atoms with E-state index >= 15 is 0 Å². The number of allylic oxidation sites excluding steroid dienone is 10. The summed E-state index contributed by atoms with van der Waals surface area (Å²) < 4.78 is 5.31. The van der Waals surface area contributed by atoms with Gasteiger partial charge >= 0.3 is 11.9 Å². The van der Waals surface area contributed by atoms with E-state index in [2.05, 4.69) is 74.6 Å². The minimum Gasteiger partial charge on any atom is -0.479 e. The molecule has 0 spiro atoms. The van der Waals surface area contributed by atoms with E-state index in [1.165, 1.54) is 70.6 Å². The Balaban J connectivity index is 3.64. The van der Waals surface area contributed by atoms with E-state index in [-0.39, 0.29) is 5.97 Å². The molecule has 0 aliphatic carbocycles. The van der Waals surface area contributed by atoms with Crippen molar-refractivity contribution < 1.29 is 19.4 Å². The van der Waals surface area contributed by atoms with Crippen LogP contribution in [0.1, 0.15) is 187 Å². The summed E-state index contributed by atoms with van der Waals surface area (Å²) >= 11 is 0. The lowest BCUT2D eigenvalue weighted by molar-refractivity contribution is -0.164. The molecule has 0 rings (SSSR count). The van der Waals surface area contributed by atoms with E-state index in [1.807, 2.05) is 0 Å². The molecule has 1 unspecified atom stereocenters. The number of carbonyl (C=O) groups excluding carboxylic acids is 1. The number of ether oxygens (including phenoxy) is 1. The molecule has 0 aromatic carbocycles. The van der Waals surface area contributed by atoms with Gasteiger partial charge in [0.1, 0.15) is 0 Å². The molecule has 1 N–H and O–H groups in total. The minimum atomic E-state index is -1.02. The monoisotopic (exact) mass is 641 g/mol. The molecule has 0 aliphatic heterocycles. The summed E-state index contributed by atoms with van der Waals surface area (Å²) in [6.07, 6.45) is 51.1. The maximum absolute atomic E-state index is 12.2. The van der Waals surface area contributed by atoms with Crippen molar-refractivity contribution in [3.05, 3.63) is 60.8 Å². The van der Waals surface area contributed by atoms with E-state index in [4.69, 9.17) is 4.74 Å². The van der Waals surface area contributed by atoms with Crippen LogP contribution in [0.4, 0.5) is 0 Å². The van der Waals surface area contributed by atoms with Gasteiger partial charge in [-0.25, -0.2) is 4.79 Å². The second-order valence-corrected chi connectivity index (χ2v) is 12.7. The van der Waals surface area contributed by atoms with E-state index in [0.29, 0.717) is 12.8 Å². The van der Waals surface area contributed by atoms with Crippen molar-refractivity contribution in [3.63, 3.8) is 0 Å². The standard InChI is InChI=1S/C42H72O4/c1-3-5-7-9-11-13-15-17-19-20-21-22-23-24-25-27-29-31-33-35-37-39-41(43)46-40(42(44)45)38-36-34-32-30-28-26-18-16-14-12-10-8-6-4-2/h5,7,11,13,17,19,21-22,24-25,40H,3-4,6,8-10,12,14-16,18,20,23,26-39H2,1-2H3,(H,44,45)/b7-5-,13-11-,19-17-,22-21-,25-24-. The van der Waals surface area contributed by atoms with E-state index < -0.39 is 12.1 Å². The lowest BCUT2D eigenvalue weighted by Crippen LogP contribution is -2.27. The quantitative estimate of drug-likeness (QED) is 0.0432. The Hall–Kier alpha value is -2.36. The number of hydrogen-bond donors (Lipinski definition) is 1. The Kier molecular flexibility index (Phi) is 35.2. The second-order valence-electron chi connectivity index (χ2n) is 12.7. The third kappa shape index (κ3) is 34.5. The Morgan fingerprint density at radius 1 is 0.500 bits per heavy atom. The topological polar surface area (TPSA) is 63.6 Å². The highest BCUT2D eigenvalue weighted by atomic mass is 16.6. The van der Waals surface area contributed by atoms with Crippen LogP contribution in [0.25, 0.3) is 0 Å². The van der Waals surface area contributed by atoms with Gasteiger partial charge in [-0.15, -0.1) is 0 Å². The molecule has 46 heavy (non-hydrogen) atoms. The summed E-state index contributed by atoms with van der Waals surface area (Å²) in [7, 11) is 0. The molecule has 0 amide bonds. The predicted molar refractivity (Wildman–Crippen MR) is 199 cm³/mol. The van der Waals surface area contributed by atoms with Gasteiger partial charge < -0.3 is 9.84 Å². The van der Waals surface area contributed by atoms with Crippen molar-refractivity contribution in [2.75, 3.05) is 0 Å². The summed E-state index contributed by atoms with van der Waals surface area (Å²) in [4.78, 5) is 23.8. The zero-order chi connectivity index (χ0) is 33.6. The molecule has 4 nitrogen and oxygen atoms in total. The van der Waals surface area contributed by atoms with Crippen molar-refractivity contribution in [2.24, 2.45) is 0 Å². The Labute approximate surface area is 284 Å². The average molecular weight is 641 g/mol. The molecule has 0 saturated heterocycles.